The fraction of sp³-hybridized carbons (Fsp3) is 0.286. The SMILES string of the molecule is Cc1cccc(-n2nc(C)c(CC(=O)O)c2Br)c1C. The third kappa shape index (κ3) is 2.56. The summed E-state index contributed by atoms with van der Waals surface area (Å²) in [6.07, 6.45) is -0.0305. The van der Waals surface area contributed by atoms with Gasteiger partial charge < -0.3 is 5.11 Å². The normalized spacial score (nSPS) is 10.7. The van der Waals surface area contributed by atoms with E-state index in [1.807, 2.05) is 39.0 Å². The van der Waals surface area contributed by atoms with Crippen LogP contribution in [0.2, 0.25) is 0 Å². The number of carboxylic acid groups (broad SMARTS) is 1. The van der Waals surface area contributed by atoms with E-state index >= 15 is 0 Å². The van der Waals surface area contributed by atoms with Crippen molar-refractivity contribution in [2.24, 2.45) is 0 Å². The number of benzene rings is 1. The lowest BCUT2D eigenvalue weighted by molar-refractivity contribution is -0.136. The number of carboxylic acids is 1. The summed E-state index contributed by atoms with van der Waals surface area (Å²) in [6.45, 7) is 5.90. The molecule has 2 rings (SSSR count). The molecule has 0 fully saturated rings. The van der Waals surface area contributed by atoms with Crippen molar-refractivity contribution in [2.45, 2.75) is 27.2 Å². The molecule has 0 bridgehead atoms. The number of hydrogen-bond donors (Lipinski definition) is 1. The predicted octanol–water partition coefficient (Wildman–Crippen LogP) is 3.19. The summed E-state index contributed by atoms with van der Waals surface area (Å²) >= 11 is 3.46. The van der Waals surface area contributed by atoms with Crippen molar-refractivity contribution in [3.8, 4) is 5.69 Å². The monoisotopic (exact) mass is 322 g/mol. The van der Waals surface area contributed by atoms with Crippen LogP contribution in [0.25, 0.3) is 5.69 Å². The standard InChI is InChI=1S/C14H15BrN2O2/c1-8-5-4-6-12(9(8)2)17-14(15)11(7-13(18)19)10(3)16-17/h4-6H,7H2,1-3H3,(H,18,19). The van der Waals surface area contributed by atoms with Crippen molar-refractivity contribution in [1.82, 2.24) is 9.78 Å². The van der Waals surface area contributed by atoms with Gasteiger partial charge in [-0.15, -0.1) is 0 Å². The lowest BCUT2D eigenvalue weighted by atomic mass is 10.1. The molecule has 0 aliphatic carbocycles. The Bertz CT molecular complexity index is 647. The van der Waals surface area contributed by atoms with Gasteiger partial charge in [0.05, 0.1) is 17.8 Å². The number of aliphatic carboxylic acids is 1. The van der Waals surface area contributed by atoms with Crippen LogP contribution in [-0.2, 0) is 11.2 Å². The third-order valence-electron chi connectivity index (χ3n) is 3.25. The summed E-state index contributed by atoms with van der Waals surface area (Å²) in [6, 6.07) is 5.99. The van der Waals surface area contributed by atoms with Gasteiger partial charge in [0, 0.05) is 5.56 Å². The van der Waals surface area contributed by atoms with Gasteiger partial charge in [-0.1, -0.05) is 12.1 Å². The van der Waals surface area contributed by atoms with Crippen molar-refractivity contribution >= 4 is 21.9 Å². The van der Waals surface area contributed by atoms with E-state index in [0.29, 0.717) is 10.2 Å². The minimum Gasteiger partial charge on any atom is -0.481 e. The Morgan fingerprint density at radius 3 is 2.68 bits per heavy atom. The zero-order valence-electron chi connectivity index (χ0n) is 11.1. The van der Waals surface area contributed by atoms with Crippen LogP contribution in [0.15, 0.2) is 22.8 Å². The summed E-state index contributed by atoms with van der Waals surface area (Å²) in [4.78, 5) is 10.9. The lowest BCUT2D eigenvalue weighted by Gasteiger charge is -2.09. The van der Waals surface area contributed by atoms with E-state index in [9.17, 15) is 4.79 Å². The molecular formula is C14H15BrN2O2. The highest BCUT2D eigenvalue weighted by Crippen LogP contribution is 2.27. The van der Waals surface area contributed by atoms with E-state index < -0.39 is 5.97 Å². The van der Waals surface area contributed by atoms with Crippen LogP contribution in [0.1, 0.15) is 22.4 Å². The van der Waals surface area contributed by atoms with Gasteiger partial charge >= 0.3 is 5.97 Å². The summed E-state index contributed by atoms with van der Waals surface area (Å²) in [5.41, 5.74) is 4.72. The van der Waals surface area contributed by atoms with Crippen LogP contribution in [0.3, 0.4) is 0 Å². The predicted molar refractivity (Wildman–Crippen MR) is 76.8 cm³/mol. The van der Waals surface area contributed by atoms with Gasteiger partial charge in [-0.3, -0.25) is 4.79 Å². The smallest absolute Gasteiger partial charge is 0.307 e. The van der Waals surface area contributed by atoms with E-state index in [1.165, 1.54) is 5.56 Å². The molecule has 0 unspecified atom stereocenters. The summed E-state index contributed by atoms with van der Waals surface area (Å²) in [7, 11) is 0. The molecule has 1 aromatic carbocycles. The fourth-order valence-electron chi connectivity index (χ4n) is 2.01. The van der Waals surface area contributed by atoms with Crippen LogP contribution in [0.5, 0.6) is 0 Å². The van der Waals surface area contributed by atoms with Crippen molar-refractivity contribution < 1.29 is 9.90 Å². The van der Waals surface area contributed by atoms with Gasteiger partial charge in [-0.25, -0.2) is 4.68 Å². The molecule has 0 aliphatic rings. The highest BCUT2D eigenvalue weighted by molar-refractivity contribution is 9.10. The van der Waals surface area contributed by atoms with Crippen molar-refractivity contribution in [2.75, 3.05) is 0 Å². The number of hydrogen-bond acceptors (Lipinski definition) is 2. The van der Waals surface area contributed by atoms with Crippen LogP contribution in [-0.4, -0.2) is 20.9 Å². The number of aryl methyl sites for hydroxylation is 2. The quantitative estimate of drug-likeness (QED) is 0.944. The average Bonchev–Trinajstić information content (AvgIpc) is 2.60. The molecule has 0 saturated carbocycles. The molecule has 0 atom stereocenters. The van der Waals surface area contributed by atoms with Crippen LogP contribution in [0, 0.1) is 20.8 Å². The molecule has 5 heteroatoms. The van der Waals surface area contributed by atoms with E-state index in [4.69, 9.17) is 5.11 Å². The minimum absolute atomic E-state index is 0.0305. The molecule has 0 spiro atoms. The molecule has 4 nitrogen and oxygen atoms in total. The minimum atomic E-state index is -0.857. The zero-order valence-corrected chi connectivity index (χ0v) is 12.7. The summed E-state index contributed by atoms with van der Waals surface area (Å²) in [5, 5.41) is 13.4. The second-order valence-electron chi connectivity index (χ2n) is 4.56. The Hall–Kier alpha value is -1.62. The number of aromatic nitrogens is 2. The Balaban J connectivity index is 2.58. The second-order valence-corrected chi connectivity index (χ2v) is 5.31. The fourth-order valence-corrected chi connectivity index (χ4v) is 2.71. The molecule has 1 aromatic heterocycles. The first kappa shape index (κ1) is 13.8. The Morgan fingerprint density at radius 1 is 1.37 bits per heavy atom. The van der Waals surface area contributed by atoms with Crippen LogP contribution in [0.4, 0.5) is 0 Å². The van der Waals surface area contributed by atoms with Crippen molar-refractivity contribution in [3.05, 3.63) is 45.2 Å². The van der Waals surface area contributed by atoms with Crippen molar-refractivity contribution in [1.29, 1.82) is 0 Å². The molecule has 0 saturated heterocycles. The van der Waals surface area contributed by atoms with E-state index in [1.54, 1.807) is 4.68 Å². The first-order valence-electron chi connectivity index (χ1n) is 5.94. The molecule has 0 aliphatic heterocycles. The topological polar surface area (TPSA) is 55.1 Å². The van der Waals surface area contributed by atoms with E-state index in [0.717, 1.165) is 16.9 Å². The average molecular weight is 323 g/mol. The maximum atomic E-state index is 10.9. The first-order valence-corrected chi connectivity index (χ1v) is 6.73. The summed E-state index contributed by atoms with van der Waals surface area (Å²) < 4.78 is 2.47. The van der Waals surface area contributed by atoms with Gasteiger partial charge in [-0.05, 0) is 53.9 Å². The van der Waals surface area contributed by atoms with Gasteiger partial charge in [0.15, 0.2) is 0 Å². The van der Waals surface area contributed by atoms with Gasteiger partial charge in [0.25, 0.3) is 0 Å². The van der Waals surface area contributed by atoms with Crippen LogP contribution >= 0.6 is 15.9 Å². The maximum Gasteiger partial charge on any atom is 0.307 e. The largest absolute Gasteiger partial charge is 0.481 e. The van der Waals surface area contributed by atoms with E-state index in [-0.39, 0.29) is 6.42 Å². The van der Waals surface area contributed by atoms with Gasteiger partial charge in [-0.2, -0.15) is 5.10 Å². The molecular weight excluding hydrogens is 308 g/mol. The highest BCUT2D eigenvalue weighted by Gasteiger charge is 2.17. The first-order chi connectivity index (χ1) is 8.91. The third-order valence-corrected chi connectivity index (χ3v) is 4.07. The Kier molecular flexibility index (Phi) is 3.75. The van der Waals surface area contributed by atoms with E-state index in [2.05, 4.69) is 21.0 Å². The molecule has 1 heterocycles. The molecule has 0 radical (unpaired) electrons. The maximum absolute atomic E-state index is 10.9. The molecule has 100 valence electrons. The number of nitrogens with zero attached hydrogens (tertiary/aromatic N) is 2. The number of carbonyl (C=O) groups is 1. The highest BCUT2D eigenvalue weighted by atomic mass is 79.9. The number of halogens is 1. The zero-order chi connectivity index (χ0) is 14.2. The second kappa shape index (κ2) is 5.17. The Morgan fingerprint density at radius 2 is 2.05 bits per heavy atom. The van der Waals surface area contributed by atoms with Gasteiger partial charge in [0.1, 0.15) is 4.60 Å². The van der Waals surface area contributed by atoms with Crippen LogP contribution < -0.4 is 0 Å². The molecule has 19 heavy (non-hydrogen) atoms. The molecule has 1 N–H and O–H groups in total. The Labute approximate surface area is 120 Å². The molecule has 0 amide bonds. The number of rotatable bonds is 3. The molecule has 2 aromatic rings. The van der Waals surface area contributed by atoms with Crippen molar-refractivity contribution in [3.63, 3.8) is 0 Å². The summed E-state index contributed by atoms with van der Waals surface area (Å²) in [5.74, 6) is -0.857. The lowest BCUT2D eigenvalue weighted by Crippen LogP contribution is -2.03. The van der Waals surface area contributed by atoms with Gasteiger partial charge in [0.2, 0.25) is 0 Å².